The van der Waals surface area contributed by atoms with Crippen LogP contribution in [0.25, 0.3) is 0 Å². The zero-order valence-electron chi connectivity index (χ0n) is 20.6. The topological polar surface area (TPSA) is 119 Å². The number of hydrogen-bond acceptors (Lipinski definition) is 9. The van der Waals surface area contributed by atoms with E-state index in [0.717, 1.165) is 11.1 Å². The molecule has 0 unspecified atom stereocenters. The summed E-state index contributed by atoms with van der Waals surface area (Å²) in [4.78, 5) is 4.05. The number of aryl methyl sites for hydroxylation is 1. The number of aliphatic hydroxyl groups excluding tert-OH is 1. The first-order valence-corrected chi connectivity index (χ1v) is 11.7. The number of likely N-dealkylation sites (N-methyl/N-ethyl adjacent to an activating group) is 1. The molecule has 3 aliphatic rings. The van der Waals surface area contributed by atoms with Gasteiger partial charge in [0.2, 0.25) is 6.79 Å². The number of nitrogens with zero attached hydrogens (tertiary/aromatic N) is 3. The third-order valence-electron chi connectivity index (χ3n) is 7.73. The van der Waals surface area contributed by atoms with Crippen LogP contribution in [0.4, 0.5) is 0 Å². The van der Waals surface area contributed by atoms with Crippen molar-refractivity contribution in [2.45, 2.75) is 50.9 Å². The van der Waals surface area contributed by atoms with Gasteiger partial charge in [0.25, 0.3) is 0 Å². The number of fused-ring (bicyclic) bond motifs is 5. The predicted octanol–water partition coefficient (Wildman–Crippen LogP) is 2.46. The normalized spacial score (nSPS) is 24.9. The Hall–Kier alpha value is -3.19. The van der Waals surface area contributed by atoms with E-state index >= 15 is 0 Å². The average Bonchev–Trinajstić information content (AvgIpc) is 3.26. The van der Waals surface area contributed by atoms with Crippen molar-refractivity contribution in [3.05, 3.63) is 39.4 Å². The monoisotopic (exact) mass is 481 g/mol. The number of ether oxygens (including phenoxy) is 3. The Morgan fingerprint density at radius 1 is 1.14 bits per heavy atom. The lowest BCUT2D eigenvalue weighted by Gasteiger charge is -2.48. The van der Waals surface area contributed by atoms with Gasteiger partial charge in [-0.05, 0) is 45.5 Å². The van der Waals surface area contributed by atoms with E-state index in [1.54, 1.807) is 6.92 Å². The largest absolute Gasteiger partial charge is 0.507 e. The summed E-state index contributed by atoms with van der Waals surface area (Å²) in [6, 6.07) is 2.57. The molecule has 35 heavy (non-hydrogen) atoms. The fraction of sp³-hybridized carbons (Fsp3) is 0.500. The highest BCUT2D eigenvalue weighted by Gasteiger charge is 2.50. The summed E-state index contributed by atoms with van der Waals surface area (Å²) in [6.45, 7) is 3.42. The number of nitriles is 1. The summed E-state index contributed by atoms with van der Waals surface area (Å²) in [5.74, 6) is 1.59. The molecule has 9 nitrogen and oxygen atoms in total. The molecule has 2 aromatic carbocycles. The molecule has 0 amide bonds. The Bertz CT molecular complexity index is 1240. The highest BCUT2D eigenvalue weighted by atomic mass is 16.7. The Morgan fingerprint density at radius 2 is 1.86 bits per heavy atom. The third kappa shape index (κ3) is 3.24. The number of methoxy groups -OCH3 is 1. The van der Waals surface area contributed by atoms with Gasteiger partial charge in [0.15, 0.2) is 23.0 Å². The van der Waals surface area contributed by atoms with E-state index in [1.165, 1.54) is 7.11 Å². The van der Waals surface area contributed by atoms with Gasteiger partial charge < -0.3 is 34.4 Å². The number of phenols is 2. The first kappa shape index (κ1) is 23.5. The van der Waals surface area contributed by atoms with Crippen molar-refractivity contribution < 1.29 is 29.5 Å². The molecule has 0 bridgehead atoms. The minimum Gasteiger partial charge on any atom is -0.507 e. The first-order valence-electron chi connectivity index (χ1n) is 11.7. The molecule has 0 fully saturated rings. The van der Waals surface area contributed by atoms with Gasteiger partial charge in [0, 0.05) is 34.7 Å². The number of aromatic hydroxyl groups is 2. The fourth-order valence-corrected chi connectivity index (χ4v) is 6.36. The number of benzene rings is 2. The van der Waals surface area contributed by atoms with E-state index in [1.807, 2.05) is 36.9 Å². The van der Waals surface area contributed by atoms with Gasteiger partial charge in [0.05, 0.1) is 31.9 Å². The maximum Gasteiger partial charge on any atom is 0.231 e. The second kappa shape index (κ2) is 8.48. The lowest BCUT2D eigenvalue weighted by atomic mass is 9.80. The van der Waals surface area contributed by atoms with Gasteiger partial charge >= 0.3 is 0 Å². The van der Waals surface area contributed by atoms with Crippen LogP contribution in [0.5, 0.6) is 28.7 Å². The summed E-state index contributed by atoms with van der Waals surface area (Å²) in [5.41, 5.74) is 4.30. The molecule has 0 aliphatic carbocycles. The van der Waals surface area contributed by atoms with Crippen LogP contribution in [-0.2, 0) is 12.8 Å². The number of aliphatic hydroxyl groups is 1. The maximum atomic E-state index is 11.4. The van der Waals surface area contributed by atoms with Crippen molar-refractivity contribution in [1.29, 1.82) is 5.26 Å². The number of hydrogen-bond donors (Lipinski definition) is 3. The van der Waals surface area contributed by atoms with Gasteiger partial charge in [-0.2, -0.15) is 5.26 Å². The number of phenolic OH excluding ortho intramolecular Hbond substituents is 2. The van der Waals surface area contributed by atoms with Crippen LogP contribution in [0.1, 0.15) is 45.5 Å². The van der Waals surface area contributed by atoms with Crippen molar-refractivity contribution >= 4 is 0 Å². The van der Waals surface area contributed by atoms with Crippen molar-refractivity contribution in [1.82, 2.24) is 9.80 Å². The summed E-state index contributed by atoms with van der Waals surface area (Å²) in [5, 5.41) is 43.6. The van der Waals surface area contributed by atoms with Crippen LogP contribution < -0.4 is 14.2 Å². The minimum atomic E-state index is -0.600. The van der Waals surface area contributed by atoms with Gasteiger partial charge in [-0.15, -0.1) is 0 Å². The zero-order valence-corrected chi connectivity index (χ0v) is 20.6. The highest BCUT2D eigenvalue weighted by molar-refractivity contribution is 5.66. The van der Waals surface area contributed by atoms with Crippen LogP contribution >= 0.6 is 0 Å². The second-order valence-electron chi connectivity index (χ2n) is 9.75. The molecule has 0 saturated heterocycles. The van der Waals surface area contributed by atoms with E-state index in [-0.39, 0.29) is 37.0 Å². The minimum absolute atomic E-state index is 0.0357. The maximum absolute atomic E-state index is 11.4. The second-order valence-corrected chi connectivity index (χ2v) is 9.75. The standard InChI is InChI=1S/C26H31N3O6/c1-12-6-14-7-15(9-27)29-17(21(28(3)4)19(14)23(32)24(12)33-5)8-16-20(18(29)10-30)26-25(34-11-35-26)13(2)22(16)31/h6,15,17-18,21,30-32H,7-8,10-11H2,1-5H3/t15-,17+,18+,21+/m1/s1. The summed E-state index contributed by atoms with van der Waals surface area (Å²) in [6.07, 6.45) is 0.763. The fourth-order valence-electron chi connectivity index (χ4n) is 6.36. The molecule has 5 rings (SSSR count). The van der Waals surface area contributed by atoms with Crippen LogP contribution in [0.2, 0.25) is 0 Å². The van der Waals surface area contributed by atoms with E-state index in [0.29, 0.717) is 52.3 Å². The quantitative estimate of drug-likeness (QED) is 0.607. The Morgan fingerprint density at radius 3 is 2.49 bits per heavy atom. The van der Waals surface area contributed by atoms with Crippen molar-refractivity contribution in [2.75, 3.05) is 34.6 Å². The molecule has 0 radical (unpaired) electrons. The van der Waals surface area contributed by atoms with Gasteiger partial charge in [0.1, 0.15) is 11.8 Å². The van der Waals surface area contributed by atoms with Crippen molar-refractivity contribution in [3.8, 4) is 34.8 Å². The molecular weight excluding hydrogens is 450 g/mol. The van der Waals surface area contributed by atoms with Crippen LogP contribution in [-0.4, -0.2) is 71.8 Å². The van der Waals surface area contributed by atoms with Crippen molar-refractivity contribution in [3.63, 3.8) is 0 Å². The molecule has 3 heterocycles. The molecular formula is C26H31N3O6. The molecule has 0 saturated carbocycles. The predicted molar refractivity (Wildman–Crippen MR) is 127 cm³/mol. The zero-order chi connectivity index (χ0) is 25.2. The van der Waals surface area contributed by atoms with E-state index in [2.05, 4.69) is 6.07 Å². The molecule has 9 heteroatoms. The van der Waals surface area contributed by atoms with E-state index in [4.69, 9.17) is 14.2 Å². The lowest BCUT2D eigenvalue weighted by Crippen LogP contribution is -2.54. The van der Waals surface area contributed by atoms with Gasteiger partial charge in [-0.3, -0.25) is 4.90 Å². The van der Waals surface area contributed by atoms with Crippen molar-refractivity contribution in [2.24, 2.45) is 0 Å². The molecule has 186 valence electrons. The average molecular weight is 482 g/mol. The summed E-state index contributed by atoms with van der Waals surface area (Å²) < 4.78 is 17.0. The Balaban J connectivity index is 1.79. The molecule has 3 N–H and O–H groups in total. The summed E-state index contributed by atoms with van der Waals surface area (Å²) in [7, 11) is 5.39. The van der Waals surface area contributed by atoms with Crippen LogP contribution in [0.3, 0.4) is 0 Å². The van der Waals surface area contributed by atoms with Crippen LogP contribution in [0.15, 0.2) is 6.07 Å². The summed E-state index contributed by atoms with van der Waals surface area (Å²) >= 11 is 0. The third-order valence-corrected chi connectivity index (χ3v) is 7.73. The molecule has 0 spiro atoms. The van der Waals surface area contributed by atoms with Gasteiger partial charge in [-0.1, -0.05) is 6.07 Å². The van der Waals surface area contributed by atoms with Gasteiger partial charge in [-0.25, -0.2) is 0 Å². The lowest BCUT2D eigenvalue weighted by molar-refractivity contribution is 0.0140. The van der Waals surface area contributed by atoms with E-state index < -0.39 is 12.1 Å². The molecule has 2 aromatic rings. The molecule has 4 atom stereocenters. The first-order chi connectivity index (χ1) is 16.7. The Labute approximate surface area is 204 Å². The van der Waals surface area contributed by atoms with E-state index in [9.17, 15) is 20.6 Å². The molecule has 3 aliphatic heterocycles. The number of rotatable bonds is 3. The van der Waals surface area contributed by atoms with Crippen LogP contribution in [0, 0.1) is 25.2 Å². The smallest absolute Gasteiger partial charge is 0.231 e. The highest BCUT2D eigenvalue weighted by Crippen LogP contribution is 2.55. The Kier molecular flexibility index (Phi) is 5.71. The SMILES string of the molecule is COc1c(C)cc2c(c1O)[C@@H](N(C)C)[C@@H]1Cc3c(O)c(C)c4c(c3[C@H](CO)N1[C@@H](C#N)C2)OCO4. The molecule has 0 aromatic heterocycles.